The Balaban J connectivity index is 1.99. The Bertz CT molecular complexity index is 678. The molecule has 1 unspecified atom stereocenters. The van der Waals surface area contributed by atoms with Gasteiger partial charge in [-0.15, -0.1) is 0 Å². The molecule has 128 valence electrons. The number of nitrogens with zero attached hydrogens (tertiary/aromatic N) is 1. The number of hydrogen-bond acceptors (Lipinski definition) is 4. The molecule has 1 aromatic carbocycles. The lowest BCUT2D eigenvalue weighted by atomic mass is 10.1. The number of nitrogens with two attached hydrogens (primary N) is 1. The van der Waals surface area contributed by atoms with E-state index in [1.807, 2.05) is 30.3 Å². The van der Waals surface area contributed by atoms with E-state index in [-0.39, 0.29) is 18.0 Å². The second-order valence-electron chi connectivity index (χ2n) is 4.99. The summed E-state index contributed by atoms with van der Waals surface area (Å²) < 4.78 is 41.3. The molecule has 1 aromatic heterocycles. The van der Waals surface area contributed by atoms with E-state index in [0.717, 1.165) is 5.56 Å². The zero-order chi connectivity index (χ0) is 17.6. The summed E-state index contributed by atoms with van der Waals surface area (Å²) in [6.45, 7) is -1.40. The monoisotopic (exact) mass is 339 g/mol. The minimum absolute atomic E-state index is 0.0815. The van der Waals surface area contributed by atoms with Gasteiger partial charge in [-0.25, -0.2) is 4.98 Å². The van der Waals surface area contributed by atoms with Crippen molar-refractivity contribution in [2.45, 2.75) is 12.2 Å². The molecule has 2 aromatic rings. The summed E-state index contributed by atoms with van der Waals surface area (Å²) in [6.07, 6.45) is -3.26. The molecule has 1 amide bonds. The fourth-order valence-corrected chi connectivity index (χ4v) is 1.94. The van der Waals surface area contributed by atoms with Gasteiger partial charge in [0.2, 0.25) is 5.88 Å². The predicted octanol–water partition coefficient (Wildman–Crippen LogP) is 2.45. The Morgan fingerprint density at radius 2 is 1.92 bits per heavy atom. The van der Waals surface area contributed by atoms with Crippen LogP contribution in [0.3, 0.4) is 0 Å². The Morgan fingerprint density at radius 1 is 1.21 bits per heavy atom. The van der Waals surface area contributed by atoms with Crippen molar-refractivity contribution in [2.24, 2.45) is 5.73 Å². The third kappa shape index (κ3) is 5.24. The lowest BCUT2D eigenvalue weighted by molar-refractivity contribution is -0.154. The van der Waals surface area contributed by atoms with E-state index in [2.05, 4.69) is 15.0 Å². The Labute approximate surface area is 136 Å². The first-order chi connectivity index (χ1) is 11.4. The fourth-order valence-electron chi connectivity index (χ4n) is 1.94. The third-order valence-electron chi connectivity index (χ3n) is 3.10. The summed E-state index contributed by atoms with van der Waals surface area (Å²) >= 11 is 0. The number of rotatable bonds is 6. The summed E-state index contributed by atoms with van der Waals surface area (Å²) in [5.41, 5.74) is 6.71. The molecule has 0 spiro atoms. The van der Waals surface area contributed by atoms with E-state index in [9.17, 15) is 18.0 Å². The van der Waals surface area contributed by atoms with Crippen LogP contribution in [0.2, 0.25) is 0 Å². The molecule has 0 bridgehead atoms. The molecule has 2 rings (SSSR count). The number of carbonyl (C=O) groups excluding carboxylic acids is 1. The van der Waals surface area contributed by atoms with Crippen LogP contribution in [-0.2, 0) is 0 Å². The van der Waals surface area contributed by atoms with Gasteiger partial charge in [-0.05, 0) is 17.7 Å². The van der Waals surface area contributed by atoms with Crippen molar-refractivity contribution in [3.05, 3.63) is 59.8 Å². The molecule has 8 heteroatoms. The van der Waals surface area contributed by atoms with Crippen LogP contribution in [0.5, 0.6) is 5.88 Å². The highest BCUT2D eigenvalue weighted by Gasteiger charge is 2.29. The zero-order valence-electron chi connectivity index (χ0n) is 12.6. The molecule has 0 aliphatic carbocycles. The smallest absolute Gasteiger partial charge is 0.422 e. The minimum atomic E-state index is -4.51. The molecular formula is C16H16F3N3O2. The number of amides is 1. The second kappa shape index (κ2) is 7.78. The van der Waals surface area contributed by atoms with Crippen LogP contribution in [0.25, 0.3) is 0 Å². The van der Waals surface area contributed by atoms with E-state index in [0.29, 0.717) is 0 Å². The summed E-state index contributed by atoms with van der Waals surface area (Å²) in [6, 6.07) is 11.5. The second-order valence-corrected chi connectivity index (χ2v) is 4.99. The number of carbonyl (C=O) groups is 1. The Hall–Kier alpha value is -2.61. The number of alkyl halides is 3. The number of aromatic nitrogens is 1. The Morgan fingerprint density at radius 3 is 2.58 bits per heavy atom. The maximum atomic E-state index is 12.2. The SMILES string of the molecule is NC(CNC(=O)c1cccnc1OCC(F)(F)F)c1ccccc1. The normalized spacial score (nSPS) is 12.5. The van der Waals surface area contributed by atoms with Gasteiger partial charge >= 0.3 is 6.18 Å². The molecule has 24 heavy (non-hydrogen) atoms. The molecular weight excluding hydrogens is 323 g/mol. The fraction of sp³-hybridized carbons (Fsp3) is 0.250. The van der Waals surface area contributed by atoms with Gasteiger partial charge in [0.15, 0.2) is 6.61 Å². The molecule has 0 fully saturated rings. The van der Waals surface area contributed by atoms with Crippen molar-refractivity contribution in [2.75, 3.05) is 13.2 Å². The standard InChI is InChI=1S/C16H16F3N3O2/c17-16(18,19)10-24-15-12(7-4-8-21-15)14(23)22-9-13(20)11-5-2-1-3-6-11/h1-8,13H,9-10,20H2,(H,22,23). The molecule has 0 aliphatic rings. The third-order valence-corrected chi connectivity index (χ3v) is 3.10. The molecule has 0 saturated heterocycles. The van der Waals surface area contributed by atoms with Gasteiger partial charge < -0.3 is 15.8 Å². The number of nitrogens with one attached hydrogen (secondary N) is 1. The molecule has 1 atom stereocenters. The summed E-state index contributed by atoms with van der Waals surface area (Å²) in [5.74, 6) is -0.979. The van der Waals surface area contributed by atoms with Crippen LogP contribution < -0.4 is 15.8 Å². The average molecular weight is 339 g/mol. The zero-order valence-corrected chi connectivity index (χ0v) is 12.6. The largest absolute Gasteiger partial charge is 0.467 e. The lowest BCUT2D eigenvalue weighted by Gasteiger charge is -2.15. The maximum Gasteiger partial charge on any atom is 0.422 e. The van der Waals surface area contributed by atoms with Crippen LogP contribution in [0, 0.1) is 0 Å². The highest BCUT2D eigenvalue weighted by molar-refractivity contribution is 5.96. The van der Waals surface area contributed by atoms with Gasteiger partial charge in [0.1, 0.15) is 5.56 Å². The molecule has 0 aliphatic heterocycles. The highest BCUT2D eigenvalue weighted by Crippen LogP contribution is 2.20. The number of benzene rings is 1. The molecule has 0 radical (unpaired) electrons. The van der Waals surface area contributed by atoms with Crippen molar-refractivity contribution in [3.63, 3.8) is 0 Å². The van der Waals surface area contributed by atoms with Gasteiger partial charge in [-0.1, -0.05) is 30.3 Å². The first-order valence-electron chi connectivity index (χ1n) is 7.10. The quantitative estimate of drug-likeness (QED) is 0.847. The van der Waals surface area contributed by atoms with Crippen molar-refractivity contribution in [1.29, 1.82) is 0 Å². The first kappa shape index (κ1) is 17.7. The van der Waals surface area contributed by atoms with E-state index in [1.54, 1.807) is 0 Å². The van der Waals surface area contributed by atoms with Crippen LogP contribution in [-0.4, -0.2) is 30.2 Å². The average Bonchev–Trinajstić information content (AvgIpc) is 2.58. The van der Waals surface area contributed by atoms with E-state index in [4.69, 9.17) is 5.73 Å². The molecule has 1 heterocycles. The number of ether oxygens (including phenoxy) is 1. The molecule has 0 saturated carbocycles. The predicted molar refractivity (Wildman–Crippen MR) is 81.5 cm³/mol. The molecule has 3 N–H and O–H groups in total. The molecule has 5 nitrogen and oxygen atoms in total. The number of hydrogen-bond donors (Lipinski definition) is 2. The van der Waals surface area contributed by atoms with Crippen molar-refractivity contribution < 1.29 is 22.7 Å². The van der Waals surface area contributed by atoms with Gasteiger partial charge in [-0.3, -0.25) is 4.79 Å². The van der Waals surface area contributed by atoms with E-state index >= 15 is 0 Å². The maximum absolute atomic E-state index is 12.2. The summed E-state index contributed by atoms with van der Waals surface area (Å²) in [7, 11) is 0. The minimum Gasteiger partial charge on any atom is -0.467 e. The number of halogens is 3. The summed E-state index contributed by atoms with van der Waals surface area (Å²) in [4.78, 5) is 15.8. The van der Waals surface area contributed by atoms with Crippen molar-refractivity contribution in [1.82, 2.24) is 10.3 Å². The first-order valence-corrected chi connectivity index (χ1v) is 7.10. The van der Waals surface area contributed by atoms with Gasteiger partial charge in [0, 0.05) is 18.8 Å². The van der Waals surface area contributed by atoms with Crippen LogP contribution in [0.4, 0.5) is 13.2 Å². The lowest BCUT2D eigenvalue weighted by Crippen LogP contribution is -2.32. The van der Waals surface area contributed by atoms with Crippen LogP contribution >= 0.6 is 0 Å². The van der Waals surface area contributed by atoms with E-state index in [1.165, 1.54) is 18.3 Å². The van der Waals surface area contributed by atoms with Crippen molar-refractivity contribution in [3.8, 4) is 5.88 Å². The van der Waals surface area contributed by atoms with Gasteiger partial charge in [0.05, 0.1) is 0 Å². The van der Waals surface area contributed by atoms with Gasteiger partial charge in [-0.2, -0.15) is 13.2 Å². The topological polar surface area (TPSA) is 77.2 Å². The number of pyridine rings is 1. The van der Waals surface area contributed by atoms with Crippen LogP contribution in [0.15, 0.2) is 48.7 Å². The Kier molecular flexibility index (Phi) is 5.75. The van der Waals surface area contributed by atoms with E-state index < -0.39 is 24.7 Å². The van der Waals surface area contributed by atoms with Crippen LogP contribution in [0.1, 0.15) is 22.0 Å². The van der Waals surface area contributed by atoms with Crippen molar-refractivity contribution >= 4 is 5.91 Å². The van der Waals surface area contributed by atoms with Gasteiger partial charge in [0.25, 0.3) is 5.91 Å². The highest BCUT2D eigenvalue weighted by atomic mass is 19.4. The summed E-state index contributed by atoms with van der Waals surface area (Å²) in [5, 5.41) is 2.57.